The number of alkyl halides is 3. The summed E-state index contributed by atoms with van der Waals surface area (Å²) in [7, 11) is -3.42. The Kier molecular flexibility index (Phi) is 7.95. The summed E-state index contributed by atoms with van der Waals surface area (Å²) in [6.45, 7) is 2.84. The first-order valence-electron chi connectivity index (χ1n) is 9.91. The van der Waals surface area contributed by atoms with Gasteiger partial charge in [-0.3, -0.25) is 0 Å². The van der Waals surface area contributed by atoms with Crippen molar-refractivity contribution in [3.05, 3.63) is 59.2 Å². The monoisotopic (exact) mass is 665 g/mol. The Labute approximate surface area is 197 Å². The summed E-state index contributed by atoms with van der Waals surface area (Å²) in [6.07, 6.45) is -2.63. The van der Waals surface area contributed by atoms with Crippen LogP contribution in [0.4, 0.5) is 13.2 Å². The fourth-order valence-corrected chi connectivity index (χ4v) is 4.93. The number of fused-ring (bicyclic) bond motifs is 1. The maximum absolute atomic E-state index is 12.8. The van der Waals surface area contributed by atoms with E-state index in [9.17, 15) is 21.6 Å². The second-order valence-corrected chi connectivity index (χ2v) is 9.75. The number of aryl methyl sites for hydroxylation is 1. The van der Waals surface area contributed by atoms with Gasteiger partial charge >= 0.3 is 31.5 Å². The van der Waals surface area contributed by atoms with Gasteiger partial charge in [0.15, 0.2) is 0 Å². The number of sulfonamides is 1. The average molecular weight is 666 g/mol. The van der Waals surface area contributed by atoms with Gasteiger partial charge in [0.2, 0.25) is 0 Å². The van der Waals surface area contributed by atoms with E-state index in [-0.39, 0.29) is 11.7 Å². The van der Waals surface area contributed by atoms with Crippen molar-refractivity contribution < 1.29 is 51.6 Å². The summed E-state index contributed by atoms with van der Waals surface area (Å²) < 4.78 is 89.1. The maximum atomic E-state index is 12.8. The average Bonchev–Trinajstić information content (AvgIpc) is 2.74. The van der Waals surface area contributed by atoms with Crippen LogP contribution in [0.5, 0.6) is 11.5 Å². The second-order valence-electron chi connectivity index (χ2n) is 7.62. The van der Waals surface area contributed by atoms with Gasteiger partial charge in [0.1, 0.15) is 17.3 Å². The molecule has 0 bridgehead atoms. The molecule has 0 saturated carbocycles. The molecule has 1 fully saturated rings. The van der Waals surface area contributed by atoms with Crippen LogP contribution >= 0.6 is 0 Å². The van der Waals surface area contributed by atoms with E-state index >= 15 is 0 Å². The van der Waals surface area contributed by atoms with Crippen molar-refractivity contribution in [1.29, 1.82) is 0 Å². The minimum atomic E-state index is -4.39. The summed E-state index contributed by atoms with van der Waals surface area (Å²) >= 11 is -1.92. The Balaban J connectivity index is 0.000000968. The van der Waals surface area contributed by atoms with Gasteiger partial charge in [-0.1, -0.05) is 12.1 Å². The zero-order chi connectivity index (χ0) is 24.2. The molecule has 12 heteroatoms. The van der Waals surface area contributed by atoms with Gasteiger partial charge in [0, 0.05) is 19.0 Å². The molecule has 1 unspecified atom stereocenters. The molecule has 0 amide bonds. The number of ether oxygens (including phenoxy) is 1. The normalized spacial score (nSPS) is 19.7. The molecule has 0 spiro atoms. The first-order valence-corrected chi connectivity index (χ1v) is 13.4. The zero-order valence-electron chi connectivity index (χ0n) is 17.4. The van der Waals surface area contributed by atoms with Crippen molar-refractivity contribution in [2.75, 3.05) is 18.8 Å². The molecule has 2 aliphatic heterocycles. The number of amidine groups is 1. The topological polar surface area (TPSA) is 93.1 Å². The van der Waals surface area contributed by atoms with E-state index in [2.05, 4.69) is 4.40 Å². The molecule has 0 radical (unpaired) electrons. The molecule has 0 N–H and O–H groups in total. The molecule has 0 aliphatic carbocycles. The number of hydrogen-bond acceptors (Lipinski definition) is 6. The van der Waals surface area contributed by atoms with Gasteiger partial charge in [-0.15, -0.1) is 4.40 Å². The number of nitrogens with zero attached hydrogens (tertiary/aromatic N) is 2. The van der Waals surface area contributed by atoms with Gasteiger partial charge in [-0.25, -0.2) is 8.42 Å². The van der Waals surface area contributed by atoms with E-state index < -0.39 is 40.3 Å². The first-order chi connectivity index (χ1) is 15.5. The van der Waals surface area contributed by atoms with E-state index in [1.807, 2.05) is 17.0 Å². The zero-order valence-corrected chi connectivity index (χ0v) is 20.5. The molecule has 4 rings (SSSR count). The Morgan fingerprint density at radius 2 is 1.76 bits per heavy atom. The van der Waals surface area contributed by atoms with Gasteiger partial charge < -0.3 is 9.64 Å². The molecule has 2 aliphatic rings. The predicted octanol–water partition coefficient (Wildman–Crippen LogP) is 4.49. The van der Waals surface area contributed by atoms with E-state index in [4.69, 9.17) is 11.5 Å². The van der Waals surface area contributed by atoms with Crippen LogP contribution in [-0.2, 0) is 41.5 Å². The Bertz CT molecular complexity index is 1180. The molecule has 33 heavy (non-hydrogen) atoms. The summed E-state index contributed by atoms with van der Waals surface area (Å²) in [6, 6.07) is 10.6. The predicted molar refractivity (Wildman–Crippen MR) is 109 cm³/mol. The third-order valence-electron chi connectivity index (χ3n) is 5.42. The van der Waals surface area contributed by atoms with Crippen molar-refractivity contribution in [3.63, 3.8) is 0 Å². The van der Waals surface area contributed by atoms with Gasteiger partial charge in [0.05, 0.1) is 11.3 Å². The van der Waals surface area contributed by atoms with Crippen LogP contribution in [0.1, 0.15) is 35.4 Å². The Morgan fingerprint density at radius 1 is 1.09 bits per heavy atom. The quantitative estimate of drug-likeness (QED) is 0.480. The van der Waals surface area contributed by atoms with Crippen LogP contribution in [0.2, 0.25) is 0 Å². The number of halogens is 3. The van der Waals surface area contributed by atoms with Crippen LogP contribution in [0.25, 0.3) is 0 Å². The molecular formula is C21H21F3N2O5PtS. The Morgan fingerprint density at radius 3 is 2.36 bits per heavy atom. The number of benzene rings is 2. The van der Waals surface area contributed by atoms with Gasteiger partial charge in [-0.2, -0.15) is 13.2 Å². The van der Waals surface area contributed by atoms with Crippen LogP contribution in [0.15, 0.2) is 46.9 Å². The van der Waals surface area contributed by atoms with Gasteiger partial charge in [-0.05, 0) is 61.2 Å². The molecule has 182 valence electrons. The third-order valence-corrected chi connectivity index (χ3v) is 6.58. The second kappa shape index (κ2) is 10.3. The molecule has 0 aromatic heterocycles. The van der Waals surface area contributed by atoms with Crippen molar-refractivity contribution in [2.45, 2.75) is 31.9 Å². The SMILES string of the molecule is Cc1cc(C(F)(F)F)ccc1Oc1ccc(C2CCCN3CCS(=O)(=O)N=C23)cc1.[O]=[Pt]=[O]. The third kappa shape index (κ3) is 6.41. The van der Waals surface area contributed by atoms with Crippen molar-refractivity contribution >= 4 is 15.9 Å². The van der Waals surface area contributed by atoms with Gasteiger partial charge in [0.25, 0.3) is 10.0 Å². The van der Waals surface area contributed by atoms with Crippen LogP contribution < -0.4 is 4.74 Å². The van der Waals surface area contributed by atoms with E-state index in [0.29, 0.717) is 29.4 Å². The Hall–Kier alpha value is -2.26. The van der Waals surface area contributed by atoms with Crippen LogP contribution in [0.3, 0.4) is 0 Å². The molecule has 2 aromatic rings. The number of piperidine rings is 1. The fraction of sp³-hybridized carbons (Fsp3) is 0.381. The van der Waals surface area contributed by atoms with E-state index in [1.54, 1.807) is 19.1 Å². The number of rotatable bonds is 3. The van der Waals surface area contributed by atoms with Crippen molar-refractivity contribution in [3.8, 4) is 11.5 Å². The molecule has 2 aromatic carbocycles. The van der Waals surface area contributed by atoms with Crippen molar-refractivity contribution in [1.82, 2.24) is 4.90 Å². The molecular weight excluding hydrogens is 644 g/mol. The molecule has 1 saturated heterocycles. The number of hydrogen-bond donors (Lipinski definition) is 0. The molecule has 7 nitrogen and oxygen atoms in total. The molecule has 2 heterocycles. The first kappa shape index (κ1) is 25.4. The van der Waals surface area contributed by atoms with Crippen LogP contribution in [-0.4, -0.2) is 38.0 Å². The standard InChI is InChI=1S/C21H21F3N2O3S.2O.Pt/c1-14-13-16(21(22,23)24)6-9-19(14)29-17-7-4-15(5-8-17)18-3-2-10-26-11-12-30(27,28)25-20(18)26;;;/h4-9,13,18H,2-3,10-12H2,1H3;;;. The summed E-state index contributed by atoms with van der Waals surface area (Å²) in [5.41, 5.74) is 0.610. The fourth-order valence-electron chi connectivity index (χ4n) is 3.86. The minimum absolute atomic E-state index is 0.0441. The summed E-state index contributed by atoms with van der Waals surface area (Å²) in [5.74, 6) is 1.38. The molecule has 1 atom stereocenters. The van der Waals surface area contributed by atoms with E-state index in [0.717, 1.165) is 37.1 Å². The van der Waals surface area contributed by atoms with Crippen LogP contribution in [0, 0.1) is 6.92 Å². The van der Waals surface area contributed by atoms with E-state index in [1.165, 1.54) is 6.07 Å². The summed E-state index contributed by atoms with van der Waals surface area (Å²) in [4.78, 5) is 2.03. The summed E-state index contributed by atoms with van der Waals surface area (Å²) in [5, 5.41) is 0. The van der Waals surface area contributed by atoms with Crippen molar-refractivity contribution in [2.24, 2.45) is 4.40 Å².